The van der Waals surface area contributed by atoms with Gasteiger partial charge in [-0.05, 0) is 35.7 Å². The summed E-state index contributed by atoms with van der Waals surface area (Å²) < 4.78 is 0. The van der Waals surface area contributed by atoms with Gasteiger partial charge in [-0.2, -0.15) is 0 Å². The van der Waals surface area contributed by atoms with Crippen molar-refractivity contribution in [3.05, 3.63) is 51.7 Å². The molecule has 2 aromatic rings. The lowest BCUT2D eigenvalue weighted by Gasteiger charge is -2.36. The van der Waals surface area contributed by atoms with Crippen LogP contribution in [-0.4, -0.2) is 49.4 Å². The number of anilines is 1. The summed E-state index contributed by atoms with van der Waals surface area (Å²) in [7, 11) is 0. The molecule has 126 valence electrons. The molecule has 0 spiro atoms. The number of rotatable bonds is 4. The van der Waals surface area contributed by atoms with Gasteiger partial charge in [-0.15, -0.1) is 11.3 Å². The van der Waals surface area contributed by atoms with Crippen molar-refractivity contribution >= 4 is 40.4 Å². The summed E-state index contributed by atoms with van der Waals surface area (Å²) in [6, 6.07) is 11.3. The van der Waals surface area contributed by atoms with Gasteiger partial charge >= 0.3 is 0 Å². The first-order valence-electron chi connectivity index (χ1n) is 7.73. The SMILES string of the molecule is O=C(NCC(=O)N1CCN(c2ccc(Cl)cc2)CC1)c1cccs1. The Morgan fingerprint density at radius 2 is 1.79 bits per heavy atom. The summed E-state index contributed by atoms with van der Waals surface area (Å²) in [5.41, 5.74) is 1.11. The number of nitrogens with one attached hydrogen (secondary N) is 1. The summed E-state index contributed by atoms with van der Waals surface area (Å²) in [4.78, 5) is 28.7. The van der Waals surface area contributed by atoms with Gasteiger partial charge in [0.15, 0.2) is 0 Å². The molecule has 1 aromatic carbocycles. The van der Waals surface area contributed by atoms with E-state index in [4.69, 9.17) is 11.6 Å². The van der Waals surface area contributed by atoms with E-state index in [0.29, 0.717) is 23.0 Å². The molecule has 0 unspecified atom stereocenters. The molecule has 0 radical (unpaired) electrons. The predicted molar refractivity (Wildman–Crippen MR) is 96.9 cm³/mol. The van der Waals surface area contributed by atoms with Crippen molar-refractivity contribution in [2.75, 3.05) is 37.6 Å². The van der Waals surface area contributed by atoms with Crippen LogP contribution in [0.4, 0.5) is 5.69 Å². The number of piperazine rings is 1. The van der Waals surface area contributed by atoms with E-state index in [1.54, 1.807) is 11.0 Å². The van der Waals surface area contributed by atoms with Crippen LogP contribution in [-0.2, 0) is 4.79 Å². The molecule has 1 N–H and O–H groups in total. The average molecular weight is 364 g/mol. The molecule has 1 saturated heterocycles. The molecule has 1 fully saturated rings. The fourth-order valence-electron chi connectivity index (χ4n) is 2.63. The smallest absolute Gasteiger partial charge is 0.261 e. The zero-order valence-corrected chi connectivity index (χ0v) is 14.6. The lowest BCUT2D eigenvalue weighted by Crippen LogP contribution is -2.51. The van der Waals surface area contributed by atoms with Crippen molar-refractivity contribution in [2.24, 2.45) is 0 Å². The molecule has 2 heterocycles. The van der Waals surface area contributed by atoms with E-state index in [0.717, 1.165) is 18.8 Å². The van der Waals surface area contributed by atoms with Crippen molar-refractivity contribution in [2.45, 2.75) is 0 Å². The topological polar surface area (TPSA) is 52.7 Å². The number of carbonyl (C=O) groups is 2. The van der Waals surface area contributed by atoms with E-state index in [9.17, 15) is 9.59 Å². The normalized spacial score (nSPS) is 14.5. The van der Waals surface area contributed by atoms with Gasteiger partial charge < -0.3 is 15.1 Å². The van der Waals surface area contributed by atoms with Gasteiger partial charge in [-0.25, -0.2) is 0 Å². The maximum Gasteiger partial charge on any atom is 0.261 e. The number of nitrogens with zero attached hydrogens (tertiary/aromatic N) is 2. The lowest BCUT2D eigenvalue weighted by molar-refractivity contribution is -0.130. The quantitative estimate of drug-likeness (QED) is 0.908. The minimum Gasteiger partial charge on any atom is -0.368 e. The van der Waals surface area contributed by atoms with E-state index in [2.05, 4.69) is 10.2 Å². The van der Waals surface area contributed by atoms with Gasteiger partial charge in [0.2, 0.25) is 5.91 Å². The Balaban J connectivity index is 1.46. The highest BCUT2D eigenvalue weighted by Crippen LogP contribution is 2.19. The Morgan fingerprint density at radius 3 is 2.42 bits per heavy atom. The zero-order chi connectivity index (χ0) is 16.9. The van der Waals surface area contributed by atoms with E-state index >= 15 is 0 Å². The number of thiophene rings is 1. The molecule has 3 rings (SSSR count). The van der Waals surface area contributed by atoms with Crippen molar-refractivity contribution in [1.82, 2.24) is 10.2 Å². The van der Waals surface area contributed by atoms with Gasteiger partial charge in [0, 0.05) is 36.9 Å². The Hall–Kier alpha value is -2.05. The van der Waals surface area contributed by atoms with Crippen molar-refractivity contribution in [3.63, 3.8) is 0 Å². The van der Waals surface area contributed by atoms with Crippen molar-refractivity contribution < 1.29 is 9.59 Å². The highest BCUT2D eigenvalue weighted by Gasteiger charge is 2.21. The minimum atomic E-state index is -0.196. The molecule has 2 amide bonds. The first kappa shape index (κ1) is 16.8. The maximum atomic E-state index is 12.2. The van der Waals surface area contributed by atoms with E-state index in [1.807, 2.05) is 35.7 Å². The number of benzene rings is 1. The molecule has 0 bridgehead atoms. The van der Waals surface area contributed by atoms with Crippen LogP contribution in [0.3, 0.4) is 0 Å². The van der Waals surface area contributed by atoms with Gasteiger partial charge in [-0.1, -0.05) is 17.7 Å². The number of hydrogen-bond acceptors (Lipinski definition) is 4. The predicted octanol–water partition coefficient (Wildman–Crippen LogP) is 2.48. The molecule has 24 heavy (non-hydrogen) atoms. The fourth-order valence-corrected chi connectivity index (χ4v) is 3.39. The summed E-state index contributed by atoms with van der Waals surface area (Å²) in [5.74, 6) is -0.242. The fraction of sp³-hybridized carbons (Fsp3) is 0.294. The monoisotopic (exact) mass is 363 g/mol. The van der Waals surface area contributed by atoms with Gasteiger partial charge in [-0.3, -0.25) is 9.59 Å². The first-order chi connectivity index (χ1) is 11.6. The molecule has 7 heteroatoms. The van der Waals surface area contributed by atoms with Crippen LogP contribution >= 0.6 is 22.9 Å². The lowest BCUT2D eigenvalue weighted by atomic mass is 10.2. The van der Waals surface area contributed by atoms with E-state index < -0.39 is 0 Å². The molecule has 0 saturated carbocycles. The van der Waals surface area contributed by atoms with Gasteiger partial charge in [0.1, 0.15) is 0 Å². The minimum absolute atomic E-state index is 0.0394. The molecule has 0 aliphatic carbocycles. The Morgan fingerprint density at radius 1 is 1.08 bits per heavy atom. The Kier molecular flexibility index (Phi) is 5.37. The van der Waals surface area contributed by atoms with E-state index in [1.165, 1.54) is 11.3 Å². The number of amides is 2. The standard InChI is InChI=1S/C17H18ClN3O2S/c18-13-3-5-14(6-4-13)20-7-9-21(10-8-20)16(22)12-19-17(23)15-2-1-11-24-15/h1-6,11H,7-10,12H2,(H,19,23). The zero-order valence-electron chi connectivity index (χ0n) is 13.1. The van der Waals surface area contributed by atoms with Crippen LogP contribution < -0.4 is 10.2 Å². The second-order valence-electron chi connectivity index (χ2n) is 5.50. The maximum absolute atomic E-state index is 12.2. The van der Waals surface area contributed by atoms with Gasteiger partial charge in [0.25, 0.3) is 5.91 Å². The summed E-state index contributed by atoms with van der Waals surface area (Å²) in [6.45, 7) is 2.88. The molecule has 5 nitrogen and oxygen atoms in total. The van der Waals surface area contributed by atoms with Crippen LogP contribution in [0.5, 0.6) is 0 Å². The largest absolute Gasteiger partial charge is 0.368 e. The third kappa shape index (κ3) is 4.07. The van der Waals surface area contributed by atoms with Crippen LogP contribution in [0, 0.1) is 0 Å². The molecular weight excluding hydrogens is 346 g/mol. The molecule has 1 aliphatic heterocycles. The molecule has 1 aliphatic rings. The van der Waals surface area contributed by atoms with Crippen molar-refractivity contribution in [3.8, 4) is 0 Å². The van der Waals surface area contributed by atoms with Crippen molar-refractivity contribution in [1.29, 1.82) is 0 Å². The summed E-state index contributed by atoms with van der Waals surface area (Å²) >= 11 is 7.27. The van der Waals surface area contributed by atoms with Crippen LogP contribution in [0.1, 0.15) is 9.67 Å². The second-order valence-corrected chi connectivity index (χ2v) is 6.89. The highest BCUT2D eigenvalue weighted by atomic mass is 35.5. The van der Waals surface area contributed by atoms with Crippen LogP contribution in [0.15, 0.2) is 41.8 Å². The highest BCUT2D eigenvalue weighted by molar-refractivity contribution is 7.12. The third-order valence-electron chi connectivity index (χ3n) is 3.97. The summed E-state index contributed by atoms with van der Waals surface area (Å²) in [6.07, 6.45) is 0. The van der Waals surface area contributed by atoms with Crippen LogP contribution in [0.2, 0.25) is 5.02 Å². The Bertz CT molecular complexity index is 695. The number of hydrogen-bond donors (Lipinski definition) is 1. The second kappa shape index (κ2) is 7.68. The molecular formula is C17H18ClN3O2S. The van der Waals surface area contributed by atoms with Gasteiger partial charge in [0.05, 0.1) is 11.4 Å². The Labute approximate surface area is 149 Å². The van der Waals surface area contributed by atoms with E-state index in [-0.39, 0.29) is 18.4 Å². The first-order valence-corrected chi connectivity index (χ1v) is 8.99. The third-order valence-corrected chi connectivity index (χ3v) is 5.09. The average Bonchev–Trinajstić information content (AvgIpc) is 3.15. The molecule has 1 aromatic heterocycles. The van der Waals surface area contributed by atoms with Crippen LogP contribution in [0.25, 0.3) is 0 Å². The number of halogens is 1. The summed E-state index contributed by atoms with van der Waals surface area (Å²) in [5, 5.41) is 5.24. The molecule has 0 atom stereocenters. The number of carbonyl (C=O) groups excluding carboxylic acids is 2.